The largest absolute Gasteiger partial charge is 0.481 e. The van der Waals surface area contributed by atoms with Gasteiger partial charge < -0.3 is 20.5 Å². The van der Waals surface area contributed by atoms with Crippen LogP contribution in [0.25, 0.3) is 0 Å². The minimum Gasteiger partial charge on any atom is -0.481 e. The number of hydrogen-bond donors (Lipinski definition) is 3. The molecule has 2 amide bonds. The van der Waals surface area contributed by atoms with Gasteiger partial charge >= 0.3 is 12.1 Å². The van der Waals surface area contributed by atoms with Gasteiger partial charge in [-0.25, -0.2) is 9.18 Å². The van der Waals surface area contributed by atoms with Gasteiger partial charge in [0.2, 0.25) is 17.5 Å². The van der Waals surface area contributed by atoms with Crippen LogP contribution in [0.15, 0.2) is 30.3 Å². The number of amides is 2. The molecule has 0 fully saturated rings. The molecule has 1 aromatic carbocycles. The monoisotopic (exact) mass is 424 g/mol. The van der Waals surface area contributed by atoms with Crippen molar-refractivity contribution in [1.82, 2.24) is 10.6 Å². The molecule has 0 aliphatic carbocycles. The Morgan fingerprint density at radius 3 is 2.20 bits per heavy atom. The molecule has 9 nitrogen and oxygen atoms in total. The highest BCUT2D eigenvalue weighted by molar-refractivity contribution is 6.40. The molecule has 3 N–H and O–H groups in total. The van der Waals surface area contributed by atoms with Gasteiger partial charge in [0.15, 0.2) is 6.67 Å². The highest BCUT2D eigenvalue weighted by Crippen LogP contribution is 2.09. The summed E-state index contributed by atoms with van der Waals surface area (Å²) < 4.78 is 17.5. The molecule has 0 saturated carbocycles. The van der Waals surface area contributed by atoms with Crippen molar-refractivity contribution in [3.63, 3.8) is 0 Å². The Morgan fingerprint density at radius 2 is 1.67 bits per heavy atom. The lowest BCUT2D eigenvalue weighted by Gasteiger charge is -2.23. The van der Waals surface area contributed by atoms with Crippen molar-refractivity contribution >= 4 is 29.5 Å². The Bertz CT molecular complexity index is 768. The fourth-order valence-electron chi connectivity index (χ4n) is 2.47. The predicted octanol–water partition coefficient (Wildman–Crippen LogP) is 1.39. The summed E-state index contributed by atoms with van der Waals surface area (Å²) in [5.41, 5.74) is 0.777. The van der Waals surface area contributed by atoms with E-state index in [0.717, 1.165) is 5.56 Å². The lowest BCUT2D eigenvalue weighted by molar-refractivity contribution is -0.143. The van der Waals surface area contributed by atoms with Crippen LogP contribution in [0.5, 0.6) is 0 Å². The predicted molar refractivity (Wildman–Crippen MR) is 103 cm³/mol. The summed E-state index contributed by atoms with van der Waals surface area (Å²) in [6, 6.07) is 6.58. The number of carboxylic acid groups (broad SMARTS) is 1. The number of alkyl carbamates (subject to hydrolysis) is 1. The lowest BCUT2D eigenvalue weighted by atomic mass is 9.99. The molecule has 2 unspecified atom stereocenters. The normalized spacial score (nSPS) is 12.5. The fourth-order valence-corrected chi connectivity index (χ4v) is 2.47. The first-order chi connectivity index (χ1) is 14.1. The minimum absolute atomic E-state index is 0.0320. The van der Waals surface area contributed by atoms with E-state index in [1.165, 1.54) is 0 Å². The maximum Gasteiger partial charge on any atom is 0.407 e. The summed E-state index contributed by atoms with van der Waals surface area (Å²) in [6.07, 6.45) is -1.92. The molecule has 0 aliphatic heterocycles. The lowest BCUT2D eigenvalue weighted by Crippen LogP contribution is -2.48. The van der Waals surface area contributed by atoms with E-state index in [1.54, 1.807) is 38.1 Å². The number of carboxylic acids is 1. The zero-order valence-electron chi connectivity index (χ0n) is 16.7. The van der Waals surface area contributed by atoms with Crippen molar-refractivity contribution in [3.05, 3.63) is 35.9 Å². The van der Waals surface area contributed by atoms with Gasteiger partial charge in [0.1, 0.15) is 12.6 Å². The third-order valence-electron chi connectivity index (χ3n) is 4.15. The highest BCUT2D eigenvalue weighted by Gasteiger charge is 2.30. The van der Waals surface area contributed by atoms with Crippen LogP contribution in [0.3, 0.4) is 0 Å². The maximum atomic E-state index is 12.4. The van der Waals surface area contributed by atoms with Crippen LogP contribution in [0.4, 0.5) is 9.18 Å². The highest BCUT2D eigenvalue weighted by atomic mass is 19.1. The Labute approximate surface area is 173 Å². The Hall–Kier alpha value is -3.30. The number of carbonyl (C=O) groups excluding carboxylic acids is 4. The maximum absolute atomic E-state index is 12.4. The van der Waals surface area contributed by atoms with E-state index in [2.05, 4.69) is 10.6 Å². The first-order valence-electron chi connectivity index (χ1n) is 9.25. The molecule has 0 saturated heterocycles. The first-order valence-corrected chi connectivity index (χ1v) is 9.25. The third kappa shape index (κ3) is 8.80. The van der Waals surface area contributed by atoms with Gasteiger partial charge in [-0.15, -0.1) is 0 Å². The molecule has 0 heterocycles. The van der Waals surface area contributed by atoms with Crippen LogP contribution in [-0.4, -0.2) is 53.4 Å². The first kappa shape index (κ1) is 24.7. The van der Waals surface area contributed by atoms with Gasteiger partial charge in [0, 0.05) is 12.5 Å². The van der Waals surface area contributed by atoms with Gasteiger partial charge in [-0.05, 0) is 11.5 Å². The van der Waals surface area contributed by atoms with Crippen molar-refractivity contribution in [2.45, 2.75) is 45.4 Å². The molecule has 30 heavy (non-hydrogen) atoms. The number of nitrogens with one attached hydrogen (secondary N) is 2. The SMILES string of the molecule is CC(C)C(CC(=O)NC(CC(=O)O)C(=O)C(=O)CF)NC(=O)OCc1ccccc1. The second-order valence-electron chi connectivity index (χ2n) is 6.90. The number of ketones is 2. The Kier molecular flexibility index (Phi) is 10.1. The smallest absolute Gasteiger partial charge is 0.407 e. The molecule has 2 atom stereocenters. The molecule has 10 heteroatoms. The second kappa shape index (κ2) is 12.3. The van der Waals surface area contributed by atoms with Crippen LogP contribution in [0.1, 0.15) is 32.3 Å². The number of benzene rings is 1. The number of Topliss-reactive ketones (excluding diaryl/α,β-unsaturated/α-hetero) is 2. The zero-order chi connectivity index (χ0) is 22.7. The summed E-state index contributed by atoms with van der Waals surface area (Å²) in [6.45, 7) is 1.92. The van der Waals surface area contributed by atoms with Crippen LogP contribution in [0.2, 0.25) is 0 Å². The molecule has 1 aromatic rings. The van der Waals surface area contributed by atoms with E-state index in [1.807, 2.05) is 6.07 Å². The van der Waals surface area contributed by atoms with Crippen LogP contribution in [0, 0.1) is 5.92 Å². The van der Waals surface area contributed by atoms with Crippen LogP contribution >= 0.6 is 0 Å². The van der Waals surface area contributed by atoms with Crippen molar-refractivity contribution in [2.75, 3.05) is 6.67 Å². The summed E-state index contributed by atoms with van der Waals surface area (Å²) in [5, 5.41) is 13.5. The minimum atomic E-state index is -1.68. The number of rotatable bonds is 12. The molecular weight excluding hydrogens is 399 g/mol. The van der Waals surface area contributed by atoms with E-state index in [-0.39, 0.29) is 18.9 Å². The summed E-state index contributed by atoms with van der Waals surface area (Å²) in [4.78, 5) is 58.2. The molecule has 1 rings (SSSR count). The Morgan fingerprint density at radius 1 is 1.03 bits per heavy atom. The molecule has 0 spiro atoms. The third-order valence-corrected chi connectivity index (χ3v) is 4.15. The number of ether oxygens (including phenoxy) is 1. The van der Waals surface area contributed by atoms with Gasteiger partial charge in [0.25, 0.3) is 0 Å². The number of carbonyl (C=O) groups is 5. The molecular formula is C20H25FN2O7. The molecule has 0 aromatic heterocycles. The average Bonchev–Trinajstić information content (AvgIpc) is 2.70. The van der Waals surface area contributed by atoms with Gasteiger partial charge in [-0.1, -0.05) is 44.2 Å². The van der Waals surface area contributed by atoms with Crippen LogP contribution in [-0.2, 0) is 30.5 Å². The summed E-state index contributed by atoms with van der Waals surface area (Å²) >= 11 is 0. The summed E-state index contributed by atoms with van der Waals surface area (Å²) in [7, 11) is 0. The van der Waals surface area contributed by atoms with E-state index in [0.29, 0.717) is 0 Å². The molecule has 0 aliphatic rings. The molecule has 0 radical (unpaired) electrons. The number of aliphatic carboxylic acids is 1. The second-order valence-corrected chi connectivity index (χ2v) is 6.90. The van der Waals surface area contributed by atoms with E-state index in [9.17, 15) is 28.4 Å². The van der Waals surface area contributed by atoms with Gasteiger partial charge in [-0.2, -0.15) is 0 Å². The van der Waals surface area contributed by atoms with Crippen molar-refractivity contribution in [3.8, 4) is 0 Å². The zero-order valence-corrected chi connectivity index (χ0v) is 16.7. The average molecular weight is 424 g/mol. The molecule has 0 bridgehead atoms. The van der Waals surface area contributed by atoms with E-state index >= 15 is 0 Å². The Balaban J connectivity index is 2.67. The fraction of sp³-hybridized carbons (Fsp3) is 0.450. The number of halogens is 1. The van der Waals surface area contributed by atoms with Crippen molar-refractivity contribution in [2.24, 2.45) is 5.92 Å². The topological polar surface area (TPSA) is 139 Å². The molecule has 164 valence electrons. The van der Waals surface area contributed by atoms with E-state index in [4.69, 9.17) is 9.84 Å². The standard InChI is InChI=1S/C20H25FN2O7/c1-12(2)14(23-20(29)30-11-13-6-4-3-5-7-13)8-17(25)22-15(9-18(26)27)19(28)16(24)10-21/h3-7,12,14-15H,8-11H2,1-2H3,(H,22,25)(H,23,29)(H,26,27). The quantitative estimate of drug-likeness (QED) is 0.431. The number of hydrogen-bond acceptors (Lipinski definition) is 6. The van der Waals surface area contributed by atoms with Crippen LogP contribution < -0.4 is 10.6 Å². The summed E-state index contributed by atoms with van der Waals surface area (Å²) in [5.74, 6) is -5.18. The van der Waals surface area contributed by atoms with Crippen molar-refractivity contribution < 1.29 is 38.2 Å². The van der Waals surface area contributed by atoms with Crippen molar-refractivity contribution in [1.29, 1.82) is 0 Å². The van der Waals surface area contributed by atoms with E-state index < -0.39 is 54.7 Å². The van der Waals surface area contributed by atoms with Gasteiger partial charge in [0.05, 0.1) is 6.42 Å². The number of alkyl halides is 1. The van der Waals surface area contributed by atoms with Gasteiger partial charge in [-0.3, -0.25) is 19.2 Å².